The molecule has 0 aliphatic rings. The Bertz CT molecular complexity index is 1170. The van der Waals surface area contributed by atoms with Crippen LogP contribution in [0, 0.1) is 0 Å². The first kappa shape index (κ1) is 25.5. The minimum atomic E-state index is 0.495. The van der Waals surface area contributed by atoms with Crippen LogP contribution in [0.3, 0.4) is 0 Å². The first-order chi connectivity index (χ1) is 17.8. The number of rotatable bonds is 14. The van der Waals surface area contributed by atoms with Crippen molar-refractivity contribution in [2.75, 3.05) is 13.2 Å². The van der Waals surface area contributed by atoms with Crippen molar-refractivity contribution in [3.05, 3.63) is 72.8 Å². The number of ether oxygens (including phenoxy) is 2. The largest absolute Gasteiger partial charge is 0.494 e. The Kier molecular flexibility index (Phi) is 9.54. The van der Waals surface area contributed by atoms with E-state index in [0.717, 1.165) is 66.2 Å². The van der Waals surface area contributed by atoms with Gasteiger partial charge in [-0.3, -0.25) is 0 Å². The Morgan fingerprint density at radius 1 is 0.556 bits per heavy atom. The third-order valence-corrected chi connectivity index (χ3v) is 6.14. The van der Waals surface area contributed by atoms with E-state index in [9.17, 15) is 0 Å². The molecule has 5 heteroatoms. The Morgan fingerprint density at radius 2 is 1.06 bits per heavy atom. The van der Waals surface area contributed by atoms with Gasteiger partial charge in [0.05, 0.1) is 13.2 Å². The van der Waals surface area contributed by atoms with Crippen molar-refractivity contribution in [1.82, 2.24) is 10.1 Å². The highest BCUT2D eigenvalue weighted by molar-refractivity contribution is 5.68. The highest BCUT2D eigenvalue weighted by Gasteiger charge is 2.11. The van der Waals surface area contributed by atoms with E-state index in [2.05, 4.69) is 48.3 Å². The van der Waals surface area contributed by atoms with E-state index >= 15 is 0 Å². The molecule has 0 fully saturated rings. The van der Waals surface area contributed by atoms with Crippen LogP contribution in [0.4, 0.5) is 0 Å². The third-order valence-electron chi connectivity index (χ3n) is 6.14. The molecule has 0 N–H and O–H groups in total. The van der Waals surface area contributed by atoms with Gasteiger partial charge in [-0.25, -0.2) is 0 Å². The molecule has 0 saturated heterocycles. The highest BCUT2D eigenvalue weighted by atomic mass is 16.5. The topological polar surface area (TPSA) is 57.4 Å². The monoisotopic (exact) mass is 484 g/mol. The van der Waals surface area contributed by atoms with Gasteiger partial charge in [-0.1, -0.05) is 87.5 Å². The molecule has 188 valence electrons. The molecule has 0 aliphatic carbocycles. The van der Waals surface area contributed by atoms with Gasteiger partial charge in [-0.05, 0) is 60.4 Å². The molecule has 0 bridgehead atoms. The summed E-state index contributed by atoms with van der Waals surface area (Å²) >= 11 is 0. The van der Waals surface area contributed by atoms with Gasteiger partial charge >= 0.3 is 0 Å². The molecular weight excluding hydrogens is 448 g/mol. The second-order valence-corrected chi connectivity index (χ2v) is 9.01. The number of aromatic nitrogens is 2. The Hall–Kier alpha value is -3.60. The van der Waals surface area contributed by atoms with Gasteiger partial charge in [0.1, 0.15) is 11.5 Å². The second-order valence-electron chi connectivity index (χ2n) is 9.01. The summed E-state index contributed by atoms with van der Waals surface area (Å²) in [6.45, 7) is 5.89. The smallest absolute Gasteiger partial charge is 0.258 e. The maximum absolute atomic E-state index is 5.89. The predicted octanol–water partition coefficient (Wildman–Crippen LogP) is 8.60. The Balaban J connectivity index is 1.32. The maximum atomic E-state index is 5.89. The van der Waals surface area contributed by atoms with Crippen LogP contribution in [0.15, 0.2) is 77.3 Å². The summed E-state index contributed by atoms with van der Waals surface area (Å²) in [5.41, 5.74) is 4.06. The van der Waals surface area contributed by atoms with Crippen molar-refractivity contribution >= 4 is 0 Å². The van der Waals surface area contributed by atoms with Crippen molar-refractivity contribution in [1.29, 1.82) is 0 Å². The van der Waals surface area contributed by atoms with Gasteiger partial charge in [-0.2, -0.15) is 4.98 Å². The van der Waals surface area contributed by atoms with Crippen molar-refractivity contribution in [3.8, 4) is 45.5 Å². The van der Waals surface area contributed by atoms with Crippen molar-refractivity contribution in [2.24, 2.45) is 0 Å². The molecule has 0 radical (unpaired) electrons. The van der Waals surface area contributed by atoms with Gasteiger partial charge in [-0.15, -0.1) is 0 Å². The third kappa shape index (κ3) is 7.20. The van der Waals surface area contributed by atoms with E-state index in [4.69, 9.17) is 14.0 Å². The van der Waals surface area contributed by atoms with E-state index in [1.807, 2.05) is 48.5 Å². The molecule has 0 amide bonds. The average Bonchev–Trinajstić information content (AvgIpc) is 3.42. The van der Waals surface area contributed by atoms with Crippen molar-refractivity contribution in [2.45, 2.75) is 58.8 Å². The van der Waals surface area contributed by atoms with Crippen LogP contribution in [-0.4, -0.2) is 23.4 Å². The van der Waals surface area contributed by atoms with Crippen LogP contribution >= 0.6 is 0 Å². The van der Waals surface area contributed by atoms with Gasteiger partial charge in [0.2, 0.25) is 5.82 Å². The lowest BCUT2D eigenvalue weighted by atomic mass is 10.0. The number of unbranched alkanes of at least 4 members (excludes halogenated alkanes) is 5. The molecule has 0 atom stereocenters. The number of hydrogen-bond acceptors (Lipinski definition) is 5. The molecule has 5 nitrogen and oxygen atoms in total. The van der Waals surface area contributed by atoms with Gasteiger partial charge in [0.25, 0.3) is 5.89 Å². The fourth-order valence-electron chi connectivity index (χ4n) is 3.94. The zero-order valence-electron chi connectivity index (χ0n) is 21.4. The lowest BCUT2D eigenvalue weighted by Gasteiger charge is -2.08. The summed E-state index contributed by atoms with van der Waals surface area (Å²) < 4.78 is 17.1. The van der Waals surface area contributed by atoms with Crippen LogP contribution in [0.5, 0.6) is 11.5 Å². The molecule has 1 heterocycles. The highest BCUT2D eigenvalue weighted by Crippen LogP contribution is 2.27. The lowest BCUT2D eigenvalue weighted by molar-refractivity contribution is 0.304. The van der Waals surface area contributed by atoms with E-state index in [-0.39, 0.29) is 0 Å². The van der Waals surface area contributed by atoms with E-state index in [0.29, 0.717) is 11.7 Å². The van der Waals surface area contributed by atoms with Gasteiger partial charge in [0, 0.05) is 11.1 Å². The molecule has 0 aliphatic heterocycles. The van der Waals surface area contributed by atoms with Crippen LogP contribution in [0.1, 0.15) is 58.8 Å². The summed E-state index contributed by atoms with van der Waals surface area (Å²) in [7, 11) is 0. The van der Waals surface area contributed by atoms with Gasteiger partial charge in [0.15, 0.2) is 0 Å². The molecule has 4 rings (SSSR count). The van der Waals surface area contributed by atoms with Crippen LogP contribution in [0.25, 0.3) is 34.0 Å². The van der Waals surface area contributed by atoms with E-state index in [1.54, 1.807) is 0 Å². The summed E-state index contributed by atoms with van der Waals surface area (Å²) in [6.07, 6.45) is 8.38. The second kappa shape index (κ2) is 13.5. The molecular formula is C31H36N2O3. The predicted molar refractivity (Wildman–Crippen MR) is 145 cm³/mol. The minimum absolute atomic E-state index is 0.495. The Labute approximate surface area is 214 Å². The standard InChI is InChI=1S/C31H36N2O3/c1-3-5-7-8-9-23-35-28-18-14-25(15-19-28)24-10-12-26(13-11-24)30-32-31(36-33-30)27-16-20-29(21-17-27)34-22-6-4-2/h10-21H,3-9,22-23H2,1-2H3. The lowest BCUT2D eigenvalue weighted by Crippen LogP contribution is -1.97. The molecule has 36 heavy (non-hydrogen) atoms. The van der Waals surface area contributed by atoms with Crippen LogP contribution < -0.4 is 9.47 Å². The minimum Gasteiger partial charge on any atom is -0.494 e. The molecule has 0 saturated carbocycles. The van der Waals surface area contributed by atoms with Crippen LogP contribution in [0.2, 0.25) is 0 Å². The summed E-state index contributed by atoms with van der Waals surface area (Å²) in [5.74, 6) is 2.84. The molecule has 3 aromatic carbocycles. The summed E-state index contributed by atoms with van der Waals surface area (Å²) in [4.78, 5) is 4.59. The van der Waals surface area contributed by atoms with E-state index in [1.165, 1.54) is 25.7 Å². The molecule has 4 aromatic rings. The van der Waals surface area contributed by atoms with Crippen LogP contribution in [-0.2, 0) is 0 Å². The molecule has 0 unspecified atom stereocenters. The van der Waals surface area contributed by atoms with Gasteiger partial charge < -0.3 is 14.0 Å². The number of hydrogen-bond donors (Lipinski definition) is 0. The quantitative estimate of drug-likeness (QED) is 0.168. The maximum Gasteiger partial charge on any atom is 0.258 e. The zero-order chi connectivity index (χ0) is 25.0. The SMILES string of the molecule is CCCCCCCOc1ccc(-c2ccc(-c3noc(-c4ccc(OCCCC)cc4)n3)cc2)cc1. The summed E-state index contributed by atoms with van der Waals surface area (Å²) in [5, 5.41) is 4.18. The normalized spacial score (nSPS) is 10.9. The summed E-state index contributed by atoms with van der Waals surface area (Å²) in [6, 6.07) is 24.3. The number of nitrogens with zero attached hydrogens (tertiary/aromatic N) is 2. The number of benzene rings is 3. The zero-order valence-corrected chi connectivity index (χ0v) is 21.4. The van der Waals surface area contributed by atoms with Crippen molar-refractivity contribution < 1.29 is 14.0 Å². The van der Waals surface area contributed by atoms with Crippen molar-refractivity contribution in [3.63, 3.8) is 0 Å². The fourth-order valence-corrected chi connectivity index (χ4v) is 3.94. The first-order valence-electron chi connectivity index (χ1n) is 13.2. The first-order valence-corrected chi connectivity index (χ1v) is 13.2. The fraction of sp³-hybridized carbons (Fsp3) is 0.355. The molecule has 1 aromatic heterocycles. The molecule has 0 spiro atoms. The van der Waals surface area contributed by atoms with E-state index < -0.39 is 0 Å². The Morgan fingerprint density at radius 3 is 1.67 bits per heavy atom. The average molecular weight is 485 g/mol.